The molecule has 2 rings (SSSR count). The standard InChI is InChI=1S/C19H20BrFN4O3/c1-11(26)24-16(9-12-4-6-14(21)7-5-12)19(28)25-15(18(22)27)10-13-3-2-8-23-17(13)20/h2-8,15-16H,9-10H2,1H3,(H2,22,27)(H,24,26)(H,25,28)/t15-,16-/m1/s1. The minimum absolute atomic E-state index is 0.133. The molecule has 4 N–H and O–H groups in total. The Morgan fingerprint density at radius 2 is 1.79 bits per heavy atom. The van der Waals surface area contributed by atoms with E-state index in [1.165, 1.54) is 31.2 Å². The van der Waals surface area contributed by atoms with Gasteiger partial charge in [-0.05, 0) is 45.3 Å². The molecule has 0 spiro atoms. The van der Waals surface area contributed by atoms with Crippen molar-refractivity contribution < 1.29 is 18.8 Å². The number of pyridine rings is 1. The average Bonchev–Trinajstić information content (AvgIpc) is 2.63. The van der Waals surface area contributed by atoms with E-state index < -0.39 is 35.6 Å². The molecule has 0 aliphatic rings. The van der Waals surface area contributed by atoms with Gasteiger partial charge in [-0.3, -0.25) is 14.4 Å². The van der Waals surface area contributed by atoms with Crippen molar-refractivity contribution in [3.63, 3.8) is 0 Å². The number of nitrogens with two attached hydrogens (primary N) is 1. The van der Waals surface area contributed by atoms with Crippen LogP contribution >= 0.6 is 15.9 Å². The zero-order valence-electron chi connectivity index (χ0n) is 15.1. The maximum absolute atomic E-state index is 13.1. The lowest BCUT2D eigenvalue weighted by atomic mass is 10.0. The fourth-order valence-electron chi connectivity index (χ4n) is 2.60. The highest BCUT2D eigenvalue weighted by molar-refractivity contribution is 9.10. The number of aromatic nitrogens is 1. The smallest absolute Gasteiger partial charge is 0.243 e. The van der Waals surface area contributed by atoms with E-state index in [4.69, 9.17) is 5.73 Å². The molecule has 7 nitrogen and oxygen atoms in total. The predicted octanol–water partition coefficient (Wildman–Crippen LogP) is 1.24. The van der Waals surface area contributed by atoms with Gasteiger partial charge in [0.2, 0.25) is 17.7 Å². The van der Waals surface area contributed by atoms with Gasteiger partial charge >= 0.3 is 0 Å². The van der Waals surface area contributed by atoms with Gasteiger partial charge in [0, 0.05) is 26.0 Å². The van der Waals surface area contributed by atoms with Gasteiger partial charge in [-0.1, -0.05) is 18.2 Å². The Balaban J connectivity index is 2.14. The van der Waals surface area contributed by atoms with Crippen molar-refractivity contribution in [2.45, 2.75) is 31.8 Å². The molecular formula is C19H20BrFN4O3. The first-order chi connectivity index (χ1) is 13.3. The molecule has 1 heterocycles. The Bertz CT molecular complexity index is 861. The Morgan fingerprint density at radius 3 is 2.36 bits per heavy atom. The van der Waals surface area contributed by atoms with Crippen LogP contribution < -0.4 is 16.4 Å². The molecule has 0 unspecified atom stereocenters. The van der Waals surface area contributed by atoms with Crippen LogP contribution in [0.15, 0.2) is 47.2 Å². The topological polar surface area (TPSA) is 114 Å². The number of nitrogens with zero attached hydrogens (tertiary/aromatic N) is 1. The summed E-state index contributed by atoms with van der Waals surface area (Å²) in [5.41, 5.74) is 6.78. The first kappa shape index (κ1) is 21.5. The molecule has 0 bridgehead atoms. The number of hydrogen-bond acceptors (Lipinski definition) is 4. The molecule has 0 saturated heterocycles. The molecular weight excluding hydrogens is 431 g/mol. The number of primary amides is 1. The van der Waals surface area contributed by atoms with Crippen LogP contribution in [0.25, 0.3) is 0 Å². The van der Waals surface area contributed by atoms with Gasteiger partial charge in [0.05, 0.1) is 0 Å². The Labute approximate surface area is 170 Å². The van der Waals surface area contributed by atoms with Crippen LogP contribution in [0.3, 0.4) is 0 Å². The SMILES string of the molecule is CC(=O)N[C@H](Cc1ccc(F)cc1)C(=O)N[C@H](Cc1cccnc1Br)C(N)=O. The maximum atomic E-state index is 13.1. The van der Waals surface area contributed by atoms with Crippen LogP contribution in [-0.4, -0.2) is 34.8 Å². The van der Waals surface area contributed by atoms with Crippen LogP contribution in [0.2, 0.25) is 0 Å². The Hall–Kier alpha value is -2.81. The lowest BCUT2D eigenvalue weighted by Crippen LogP contribution is -2.54. The summed E-state index contributed by atoms with van der Waals surface area (Å²) in [6.45, 7) is 1.28. The molecule has 9 heteroatoms. The van der Waals surface area contributed by atoms with Crippen molar-refractivity contribution in [1.29, 1.82) is 0 Å². The third-order valence-corrected chi connectivity index (χ3v) is 4.68. The quantitative estimate of drug-likeness (QED) is 0.524. The van der Waals surface area contributed by atoms with Gasteiger partial charge < -0.3 is 16.4 Å². The fraction of sp³-hybridized carbons (Fsp3) is 0.263. The second-order valence-electron chi connectivity index (χ2n) is 6.20. The molecule has 0 saturated carbocycles. The summed E-state index contributed by atoms with van der Waals surface area (Å²) in [5, 5.41) is 5.12. The molecule has 1 aromatic carbocycles. The molecule has 0 aliphatic carbocycles. The molecule has 0 aliphatic heterocycles. The molecule has 0 radical (unpaired) electrons. The molecule has 28 heavy (non-hydrogen) atoms. The summed E-state index contributed by atoms with van der Waals surface area (Å²) in [6.07, 6.45) is 1.85. The summed E-state index contributed by atoms with van der Waals surface area (Å²) in [6, 6.07) is 7.11. The number of nitrogens with one attached hydrogen (secondary N) is 2. The molecule has 148 valence electrons. The van der Waals surface area contributed by atoms with Crippen molar-refractivity contribution in [3.05, 3.63) is 64.1 Å². The summed E-state index contributed by atoms with van der Waals surface area (Å²) in [5.74, 6) is -2.09. The summed E-state index contributed by atoms with van der Waals surface area (Å²) < 4.78 is 13.6. The number of carbonyl (C=O) groups is 3. The number of amides is 3. The first-order valence-electron chi connectivity index (χ1n) is 8.47. The number of halogens is 2. The van der Waals surface area contributed by atoms with Crippen molar-refractivity contribution in [3.8, 4) is 0 Å². The molecule has 0 fully saturated rings. The van der Waals surface area contributed by atoms with Crippen LogP contribution in [-0.2, 0) is 27.2 Å². The van der Waals surface area contributed by atoms with Crippen molar-refractivity contribution >= 4 is 33.7 Å². The van der Waals surface area contributed by atoms with E-state index in [1.807, 2.05) is 0 Å². The fourth-order valence-corrected chi connectivity index (χ4v) is 3.01. The van der Waals surface area contributed by atoms with Gasteiger partial charge in [-0.25, -0.2) is 9.37 Å². The Kier molecular flexibility index (Phi) is 7.62. The van der Waals surface area contributed by atoms with Crippen LogP contribution in [0.4, 0.5) is 4.39 Å². The second kappa shape index (κ2) is 9.93. The van der Waals surface area contributed by atoms with E-state index in [0.717, 1.165) is 0 Å². The Morgan fingerprint density at radius 1 is 1.11 bits per heavy atom. The summed E-state index contributed by atoms with van der Waals surface area (Å²) in [4.78, 5) is 40.1. The number of carbonyl (C=O) groups excluding carboxylic acids is 3. The van der Waals surface area contributed by atoms with Gasteiger partial charge in [0.15, 0.2) is 0 Å². The largest absolute Gasteiger partial charge is 0.368 e. The van der Waals surface area contributed by atoms with E-state index in [9.17, 15) is 18.8 Å². The van der Waals surface area contributed by atoms with Crippen LogP contribution in [0.1, 0.15) is 18.1 Å². The number of hydrogen-bond donors (Lipinski definition) is 3. The van der Waals surface area contributed by atoms with Gasteiger partial charge in [-0.15, -0.1) is 0 Å². The average molecular weight is 451 g/mol. The lowest BCUT2D eigenvalue weighted by molar-refractivity contribution is -0.130. The van der Waals surface area contributed by atoms with Crippen LogP contribution in [0, 0.1) is 5.82 Å². The molecule has 2 atom stereocenters. The minimum atomic E-state index is -0.988. The zero-order chi connectivity index (χ0) is 20.7. The van der Waals surface area contributed by atoms with Crippen molar-refractivity contribution in [2.75, 3.05) is 0 Å². The summed E-state index contributed by atoms with van der Waals surface area (Å²) in [7, 11) is 0. The summed E-state index contributed by atoms with van der Waals surface area (Å²) >= 11 is 3.29. The van der Waals surface area contributed by atoms with Gasteiger partial charge in [-0.2, -0.15) is 0 Å². The van der Waals surface area contributed by atoms with Gasteiger partial charge in [0.1, 0.15) is 22.5 Å². The van der Waals surface area contributed by atoms with E-state index in [1.54, 1.807) is 18.3 Å². The van der Waals surface area contributed by atoms with E-state index in [-0.39, 0.29) is 12.8 Å². The van der Waals surface area contributed by atoms with Crippen LogP contribution in [0.5, 0.6) is 0 Å². The van der Waals surface area contributed by atoms with Crippen molar-refractivity contribution in [1.82, 2.24) is 15.6 Å². The number of rotatable bonds is 8. The van der Waals surface area contributed by atoms with E-state index in [2.05, 4.69) is 31.5 Å². The molecule has 1 aromatic heterocycles. The third kappa shape index (κ3) is 6.41. The lowest BCUT2D eigenvalue weighted by Gasteiger charge is -2.22. The normalized spacial score (nSPS) is 12.7. The third-order valence-electron chi connectivity index (χ3n) is 3.97. The van der Waals surface area contributed by atoms with Crippen molar-refractivity contribution in [2.24, 2.45) is 5.73 Å². The first-order valence-corrected chi connectivity index (χ1v) is 9.26. The van der Waals surface area contributed by atoms with E-state index >= 15 is 0 Å². The number of benzene rings is 1. The second-order valence-corrected chi connectivity index (χ2v) is 6.96. The zero-order valence-corrected chi connectivity index (χ0v) is 16.7. The highest BCUT2D eigenvalue weighted by Crippen LogP contribution is 2.15. The minimum Gasteiger partial charge on any atom is -0.368 e. The van der Waals surface area contributed by atoms with E-state index in [0.29, 0.717) is 15.7 Å². The maximum Gasteiger partial charge on any atom is 0.243 e. The molecule has 2 aromatic rings. The predicted molar refractivity (Wildman–Crippen MR) is 104 cm³/mol. The highest BCUT2D eigenvalue weighted by Gasteiger charge is 2.26. The highest BCUT2D eigenvalue weighted by atomic mass is 79.9. The molecule has 3 amide bonds. The monoisotopic (exact) mass is 450 g/mol. The van der Waals surface area contributed by atoms with Gasteiger partial charge in [0.25, 0.3) is 0 Å².